The summed E-state index contributed by atoms with van der Waals surface area (Å²) >= 11 is 0. The first-order valence-corrected chi connectivity index (χ1v) is 5.50. The van der Waals surface area contributed by atoms with Crippen molar-refractivity contribution in [2.75, 3.05) is 0 Å². The molecule has 0 amide bonds. The maximum Gasteiger partial charge on any atom is 0.00642 e. The summed E-state index contributed by atoms with van der Waals surface area (Å²) in [4.78, 5) is 0. The van der Waals surface area contributed by atoms with E-state index in [1.54, 1.807) is 22.3 Å². The lowest BCUT2D eigenvalue weighted by atomic mass is 9.61. The van der Waals surface area contributed by atoms with Crippen LogP contribution < -0.4 is 0 Å². The Morgan fingerprint density at radius 1 is 0.500 bits per heavy atom. The van der Waals surface area contributed by atoms with Crippen molar-refractivity contribution in [1.82, 2.24) is 0 Å². The summed E-state index contributed by atoms with van der Waals surface area (Å²) in [5.74, 6) is 0. The summed E-state index contributed by atoms with van der Waals surface area (Å²) in [7, 11) is 0. The Labute approximate surface area is 89.1 Å². The van der Waals surface area contributed by atoms with E-state index in [0.717, 1.165) is 0 Å². The molecule has 0 spiro atoms. The van der Waals surface area contributed by atoms with Crippen LogP contribution in [0.1, 0.15) is 55.4 Å². The Kier molecular flexibility index (Phi) is 2.46. The van der Waals surface area contributed by atoms with Crippen molar-refractivity contribution in [3.05, 3.63) is 22.3 Å². The van der Waals surface area contributed by atoms with Gasteiger partial charge in [-0.2, -0.15) is 0 Å². The predicted molar refractivity (Wildman–Crippen MR) is 64.3 cm³/mol. The first-order chi connectivity index (χ1) is 6.13. The molecule has 14 heavy (non-hydrogen) atoms. The molecule has 1 rings (SSSR count). The second kappa shape index (κ2) is 2.98. The van der Waals surface area contributed by atoms with Crippen molar-refractivity contribution >= 4 is 0 Å². The second-order valence-corrected chi connectivity index (χ2v) is 5.75. The van der Waals surface area contributed by atoms with E-state index in [1.165, 1.54) is 0 Å². The van der Waals surface area contributed by atoms with Crippen LogP contribution in [0.15, 0.2) is 22.3 Å². The zero-order valence-electron chi connectivity index (χ0n) is 11.0. The summed E-state index contributed by atoms with van der Waals surface area (Å²) in [6.07, 6.45) is 0. The van der Waals surface area contributed by atoms with E-state index in [2.05, 4.69) is 55.4 Å². The summed E-state index contributed by atoms with van der Waals surface area (Å²) in [6, 6.07) is 0. The molecule has 1 aliphatic carbocycles. The molecule has 0 saturated heterocycles. The maximum atomic E-state index is 2.33. The van der Waals surface area contributed by atoms with Gasteiger partial charge in [-0.3, -0.25) is 0 Å². The van der Waals surface area contributed by atoms with Crippen LogP contribution in [0.3, 0.4) is 0 Å². The molecule has 0 saturated carbocycles. The highest BCUT2D eigenvalue weighted by molar-refractivity contribution is 5.43. The molecule has 0 heterocycles. The number of allylic oxidation sites excluding steroid dienone is 4. The fraction of sp³-hybridized carbons (Fsp3) is 0.714. The molecule has 0 aromatic carbocycles. The van der Waals surface area contributed by atoms with Crippen LogP contribution in [-0.4, -0.2) is 0 Å². The minimum atomic E-state index is 0.254. The van der Waals surface area contributed by atoms with Crippen molar-refractivity contribution in [3.63, 3.8) is 0 Å². The molecule has 0 fully saturated rings. The average Bonchev–Trinajstić information content (AvgIpc) is 2.11. The first-order valence-electron chi connectivity index (χ1n) is 5.50. The van der Waals surface area contributed by atoms with E-state index in [9.17, 15) is 0 Å². The molecule has 0 aromatic rings. The van der Waals surface area contributed by atoms with Gasteiger partial charge in [-0.15, -0.1) is 0 Å². The first kappa shape index (κ1) is 11.6. The lowest BCUT2D eigenvalue weighted by molar-refractivity contribution is 0.423. The van der Waals surface area contributed by atoms with Crippen molar-refractivity contribution in [1.29, 1.82) is 0 Å². The van der Waals surface area contributed by atoms with Gasteiger partial charge in [0.05, 0.1) is 0 Å². The van der Waals surface area contributed by atoms with Gasteiger partial charge in [-0.05, 0) is 27.7 Å². The Morgan fingerprint density at radius 2 is 0.643 bits per heavy atom. The molecule has 0 nitrogen and oxygen atoms in total. The van der Waals surface area contributed by atoms with Gasteiger partial charge in [0.1, 0.15) is 0 Å². The minimum absolute atomic E-state index is 0.254. The van der Waals surface area contributed by atoms with Gasteiger partial charge in [0.2, 0.25) is 0 Å². The Bertz CT molecular complexity index is 260. The van der Waals surface area contributed by atoms with Crippen LogP contribution in [0.2, 0.25) is 0 Å². The maximum absolute atomic E-state index is 2.33. The zero-order chi connectivity index (χ0) is 11.3. The zero-order valence-corrected chi connectivity index (χ0v) is 11.0. The highest BCUT2D eigenvalue weighted by atomic mass is 14.4. The van der Waals surface area contributed by atoms with Gasteiger partial charge < -0.3 is 0 Å². The van der Waals surface area contributed by atoms with Crippen LogP contribution in [0.25, 0.3) is 0 Å². The van der Waals surface area contributed by atoms with Gasteiger partial charge in [0.25, 0.3) is 0 Å². The van der Waals surface area contributed by atoms with Crippen LogP contribution in [0, 0.1) is 10.8 Å². The van der Waals surface area contributed by atoms with E-state index >= 15 is 0 Å². The minimum Gasteiger partial charge on any atom is -0.0638 e. The molecule has 80 valence electrons. The summed E-state index contributed by atoms with van der Waals surface area (Å²) in [5.41, 5.74) is 6.69. The average molecular weight is 192 g/mol. The Morgan fingerprint density at radius 3 is 0.786 bits per heavy atom. The van der Waals surface area contributed by atoms with Gasteiger partial charge in [0.15, 0.2) is 0 Å². The summed E-state index contributed by atoms with van der Waals surface area (Å²) in [5, 5.41) is 0. The van der Waals surface area contributed by atoms with Crippen LogP contribution in [-0.2, 0) is 0 Å². The molecular weight excluding hydrogens is 168 g/mol. The molecule has 0 atom stereocenters. The SMILES string of the molecule is CC1=C(C)C(C)(C)C(C)=C(C)C1(C)C. The van der Waals surface area contributed by atoms with Crippen LogP contribution >= 0.6 is 0 Å². The third-order valence-corrected chi connectivity index (χ3v) is 4.88. The molecule has 0 radical (unpaired) electrons. The number of rotatable bonds is 0. The monoisotopic (exact) mass is 192 g/mol. The predicted octanol–water partition coefficient (Wildman–Crippen LogP) is 4.73. The quantitative estimate of drug-likeness (QED) is 0.487. The highest BCUT2D eigenvalue weighted by Gasteiger charge is 2.37. The smallest absolute Gasteiger partial charge is 0.00642 e. The van der Waals surface area contributed by atoms with Crippen molar-refractivity contribution in [2.24, 2.45) is 10.8 Å². The van der Waals surface area contributed by atoms with Gasteiger partial charge in [0, 0.05) is 10.8 Å². The third kappa shape index (κ3) is 1.27. The van der Waals surface area contributed by atoms with E-state index in [1.807, 2.05) is 0 Å². The molecule has 0 bridgehead atoms. The molecule has 0 aliphatic heterocycles. The summed E-state index contributed by atoms with van der Waals surface area (Å²) < 4.78 is 0. The molecule has 0 aromatic heterocycles. The van der Waals surface area contributed by atoms with Crippen molar-refractivity contribution < 1.29 is 0 Å². The summed E-state index contributed by atoms with van der Waals surface area (Å²) in [6.45, 7) is 18.5. The molecular formula is C14H24. The van der Waals surface area contributed by atoms with E-state index < -0.39 is 0 Å². The Hall–Kier alpha value is -0.520. The molecule has 1 aliphatic rings. The normalized spacial score (nSPS) is 25.7. The van der Waals surface area contributed by atoms with E-state index in [-0.39, 0.29) is 10.8 Å². The second-order valence-electron chi connectivity index (χ2n) is 5.75. The van der Waals surface area contributed by atoms with E-state index in [0.29, 0.717) is 0 Å². The standard InChI is InChI=1S/C14H24/c1-9-10(2)14(7,8)12(4)11(3)13(9,5)6/h1-8H3. The van der Waals surface area contributed by atoms with Crippen molar-refractivity contribution in [3.8, 4) is 0 Å². The number of hydrogen-bond acceptors (Lipinski definition) is 0. The van der Waals surface area contributed by atoms with Gasteiger partial charge in [-0.25, -0.2) is 0 Å². The molecule has 0 heteroatoms. The molecule has 0 N–H and O–H groups in total. The third-order valence-electron chi connectivity index (χ3n) is 4.88. The van der Waals surface area contributed by atoms with Gasteiger partial charge in [-0.1, -0.05) is 50.0 Å². The van der Waals surface area contributed by atoms with E-state index in [4.69, 9.17) is 0 Å². The lowest BCUT2D eigenvalue weighted by Gasteiger charge is -2.43. The fourth-order valence-corrected chi connectivity index (χ4v) is 2.44. The van der Waals surface area contributed by atoms with Crippen LogP contribution in [0.4, 0.5) is 0 Å². The van der Waals surface area contributed by atoms with Crippen LogP contribution in [0.5, 0.6) is 0 Å². The van der Waals surface area contributed by atoms with Gasteiger partial charge >= 0.3 is 0 Å². The van der Waals surface area contributed by atoms with Crippen molar-refractivity contribution in [2.45, 2.75) is 55.4 Å². The lowest BCUT2D eigenvalue weighted by Crippen LogP contribution is -2.30. The Balaban J connectivity index is 3.46. The molecule has 0 unspecified atom stereocenters. The fourth-order valence-electron chi connectivity index (χ4n) is 2.44. The topological polar surface area (TPSA) is 0 Å². The largest absolute Gasteiger partial charge is 0.0638 e. The highest BCUT2D eigenvalue weighted by Crippen LogP contribution is 2.51. The number of hydrogen-bond donors (Lipinski definition) is 0.